The van der Waals surface area contributed by atoms with Crippen molar-refractivity contribution in [1.82, 2.24) is 14.5 Å². The van der Waals surface area contributed by atoms with E-state index in [0.29, 0.717) is 23.3 Å². The molecule has 3 rings (SSSR count). The molecule has 3 aromatic rings. The van der Waals surface area contributed by atoms with E-state index in [4.69, 9.17) is 11.6 Å². The summed E-state index contributed by atoms with van der Waals surface area (Å²) in [7, 11) is 0. The first-order chi connectivity index (χ1) is 10.2. The third-order valence-corrected chi connectivity index (χ3v) is 3.49. The highest BCUT2D eigenvalue weighted by Gasteiger charge is 2.15. The van der Waals surface area contributed by atoms with Crippen LogP contribution in [-0.4, -0.2) is 14.5 Å². The maximum Gasteiger partial charge on any atom is 0.261 e. The van der Waals surface area contributed by atoms with Crippen LogP contribution in [0.25, 0.3) is 10.9 Å². The zero-order valence-electron chi connectivity index (χ0n) is 11.5. The third kappa shape index (κ3) is 2.67. The maximum atomic E-state index is 12.7. The smallest absolute Gasteiger partial charge is 0.261 e. The number of para-hydroxylation sites is 1. The van der Waals surface area contributed by atoms with E-state index in [0.717, 1.165) is 5.69 Å². The van der Waals surface area contributed by atoms with Crippen molar-refractivity contribution in [2.75, 3.05) is 0 Å². The molecule has 0 saturated heterocycles. The highest BCUT2D eigenvalue weighted by atomic mass is 35.5. The van der Waals surface area contributed by atoms with Crippen molar-refractivity contribution >= 4 is 22.5 Å². The van der Waals surface area contributed by atoms with Gasteiger partial charge in [0.15, 0.2) is 0 Å². The second kappa shape index (κ2) is 5.66. The van der Waals surface area contributed by atoms with Crippen molar-refractivity contribution in [1.29, 1.82) is 0 Å². The van der Waals surface area contributed by atoms with Crippen molar-refractivity contribution in [2.24, 2.45) is 0 Å². The van der Waals surface area contributed by atoms with Gasteiger partial charge < -0.3 is 0 Å². The molecule has 106 valence electrons. The molecule has 4 nitrogen and oxygen atoms in total. The minimum absolute atomic E-state index is 0.0891. The van der Waals surface area contributed by atoms with Gasteiger partial charge in [-0.15, -0.1) is 11.6 Å². The predicted molar refractivity (Wildman–Crippen MR) is 83.6 cm³/mol. The van der Waals surface area contributed by atoms with E-state index in [1.807, 2.05) is 43.3 Å². The Morgan fingerprint density at radius 3 is 2.67 bits per heavy atom. The number of fused-ring (bicyclic) bond motifs is 1. The summed E-state index contributed by atoms with van der Waals surface area (Å²) < 4.78 is 1.60. The first-order valence-electron chi connectivity index (χ1n) is 6.70. The summed E-state index contributed by atoms with van der Waals surface area (Å²) in [6.45, 7) is 2.18. The molecule has 1 atom stereocenters. The standard InChI is InChI=1S/C16H14ClN3O/c1-11(17)15-19-14-8-3-2-7-13(14)16(21)20(15)10-12-6-4-5-9-18-12/h2-9,11H,10H2,1H3. The number of nitrogens with zero attached hydrogens (tertiary/aromatic N) is 3. The first-order valence-corrected chi connectivity index (χ1v) is 7.14. The van der Waals surface area contributed by atoms with Gasteiger partial charge in [-0.3, -0.25) is 14.3 Å². The van der Waals surface area contributed by atoms with Gasteiger partial charge in [0.25, 0.3) is 5.56 Å². The Morgan fingerprint density at radius 2 is 1.95 bits per heavy atom. The van der Waals surface area contributed by atoms with E-state index in [9.17, 15) is 4.79 Å². The normalized spacial score (nSPS) is 12.5. The van der Waals surface area contributed by atoms with Crippen molar-refractivity contribution in [3.63, 3.8) is 0 Å². The van der Waals surface area contributed by atoms with Crippen LogP contribution >= 0.6 is 11.6 Å². The summed E-state index contributed by atoms with van der Waals surface area (Å²) in [6, 6.07) is 12.9. The van der Waals surface area contributed by atoms with Gasteiger partial charge in [-0.2, -0.15) is 0 Å². The minimum atomic E-state index is -0.356. The van der Waals surface area contributed by atoms with Crippen LogP contribution in [-0.2, 0) is 6.54 Å². The molecular formula is C16H14ClN3O. The molecule has 0 saturated carbocycles. The SMILES string of the molecule is CC(Cl)c1nc2ccccc2c(=O)n1Cc1ccccn1. The number of alkyl halides is 1. The van der Waals surface area contributed by atoms with Gasteiger partial charge in [0.1, 0.15) is 5.82 Å². The van der Waals surface area contributed by atoms with E-state index in [1.54, 1.807) is 16.8 Å². The summed E-state index contributed by atoms with van der Waals surface area (Å²) in [6.07, 6.45) is 1.71. The Labute approximate surface area is 127 Å². The van der Waals surface area contributed by atoms with Crippen molar-refractivity contribution in [2.45, 2.75) is 18.8 Å². The average Bonchev–Trinajstić information content (AvgIpc) is 2.51. The molecule has 21 heavy (non-hydrogen) atoms. The zero-order valence-corrected chi connectivity index (χ0v) is 12.3. The number of hydrogen-bond acceptors (Lipinski definition) is 3. The summed E-state index contributed by atoms with van der Waals surface area (Å²) in [5.74, 6) is 0.561. The second-order valence-electron chi connectivity index (χ2n) is 4.82. The molecule has 0 bridgehead atoms. The summed E-state index contributed by atoms with van der Waals surface area (Å²) >= 11 is 6.20. The number of benzene rings is 1. The van der Waals surface area contributed by atoms with Crippen LogP contribution in [0.5, 0.6) is 0 Å². The minimum Gasteiger partial charge on any atom is -0.289 e. The monoisotopic (exact) mass is 299 g/mol. The van der Waals surface area contributed by atoms with E-state index in [1.165, 1.54) is 0 Å². The number of aromatic nitrogens is 3. The molecular weight excluding hydrogens is 286 g/mol. The van der Waals surface area contributed by atoms with Crippen molar-refractivity contribution in [3.05, 3.63) is 70.5 Å². The topological polar surface area (TPSA) is 47.8 Å². The molecule has 0 N–H and O–H groups in total. The molecule has 5 heteroatoms. The third-order valence-electron chi connectivity index (χ3n) is 3.29. The van der Waals surface area contributed by atoms with Gasteiger partial charge in [0.05, 0.1) is 28.5 Å². The summed E-state index contributed by atoms with van der Waals surface area (Å²) in [5, 5.41) is 0.237. The number of halogens is 1. The fourth-order valence-corrected chi connectivity index (χ4v) is 2.46. The Morgan fingerprint density at radius 1 is 1.19 bits per heavy atom. The highest BCUT2D eigenvalue weighted by molar-refractivity contribution is 6.20. The quantitative estimate of drug-likeness (QED) is 0.698. The van der Waals surface area contributed by atoms with Crippen LogP contribution in [0.15, 0.2) is 53.5 Å². The number of hydrogen-bond donors (Lipinski definition) is 0. The highest BCUT2D eigenvalue weighted by Crippen LogP contribution is 2.19. The van der Waals surface area contributed by atoms with Crippen molar-refractivity contribution < 1.29 is 0 Å². The molecule has 0 aliphatic carbocycles. The van der Waals surface area contributed by atoms with Crippen LogP contribution < -0.4 is 5.56 Å². The molecule has 0 aliphatic heterocycles. The van der Waals surface area contributed by atoms with E-state index in [2.05, 4.69) is 9.97 Å². The molecule has 1 unspecified atom stereocenters. The van der Waals surface area contributed by atoms with Crippen LogP contribution in [0, 0.1) is 0 Å². The van der Waals surface area contributed by atoms with Gasteiger partial charge in [0.2, 0.25) is 0 Å². The van der Waals surface area contributed by atoms with Gasteiger partial charge in [0, 0.05) is 6.20 Å². The lowest BCUT2D eigenvalue weighted by Crippen LogP contribution is -2.26. The van der Waals surface area contributed by atoms with Crippen molar-refractivity contribution in [3.8, 4) is 0 Å². The fourth-order valence-electron chi connectivity index (χ4n) is 2.30. The molecule has 1 aromatic carbocycles. The Balaban J connectivity index is 2.22. The molecule has 0 radical (unpaired) electrons. The average molecular weight is 300 g/mol. The van der Waals surface area contributed by atoms with Gasteiger partial charge in [-0.05, 0) is 31.2 Å². The van der Waals surface area contributed by atoms with Gasteiger partial charge >= 0.3 is 0 Å². The fraction of sp³-hybridized carbons (Fsp3) is 0.188. The lowest BCUT2D eigenvalue weighted by molar-refractivity contribution is 0.667. The lowest BCUT2D eigenvalue weighted by Gasteiger charge is -2.14. The van der Waals surface area contributed by atoms with E-state index < -0.39 is 0 Å². The van der Waals surface area contributed by atoms with Crippen LogP contribution in [0.4, 0.5) is 0 Å². The molecule has 0 spiro atoms. The molecule has 0 fully saturated rings. The van der Waals surface area contributed by atoms with Crippen LogP contribution in [0.2, 0.25) is 0 Å². The molecule has 2 aromatic heterocycles. The van der Waals surface area contributed by atoms with Gasteiger partial charge in [-0.1, -0.05) is 18.2 Å². The molecule has 0 aliphatic rings. The molecule has 0 amide bonds. The first kappa shape index (κ1) is 13.8. The summed E-state index contributed by atoms with van der Waals surface area (Å²) in [4.78, 5) is 21.5. The summed E-state index contributed by atoms with van der Waals surface area (Å²) in [5.41, 5.74) is 1.38. The Hall–Kier alpha value is -2.20. The lowest BCUT2D eigenvalue weighted by atomic mass is 10.2. The van der Waals surface area contributed by atoms with E-state index >= 15 is 0 Å². The van der Waals surface area contributed by atoms with Crippen LogP contribution in [0.1, 0.15) is 23.8 Å². The maximum absolute atomic E-state index is 12.7. The van der Waals surface area contributed by atoms with Gasteiger partial charge in [-0.25, -0.2) is 4.98 Å². The largest absolute Gasteiger partial charge is 0.289 e. The zero-order chi connectivity index (χ0) is 14.8. The number of pyridine rings is 1. The predicted octanol–water partition coefficient (Wildman–Crippen LogP) is 3.14. The van der Waals surface area contributed by atoms with E-state index in [-0.39, 0.29) is 10.9 Å². The second-order valence-corrected chi connectivity index (χ2v) is 5.47. The Kier molecular flexibility index (Phi) is 3.71. The number of rotatable bonds is 3. The molecule has 2 heterocycles. The van der Waals surface area contributed by atoms with Crippen LogP contribution in [0.3, 0.4) is 0 Å². The Bertz CT molecular complexity index is 828.